The van der Waals surface area contributed by atoms with Crippen molar-refractivity contribution in [3.05, 3.63) is 114 Å². The third-order valence-corrected chi connectivity index (χ3v) is 8.42. The summed E-state index contributed by atoms with van der Waals surface area (Å²) in [5, 5.41) is 7.67. The van der Waals surface area contributed by atoms with Gasteiger partial charge >= 0.3 is 0 Å². The van der Waals surface area contributed by atoms with Gasteiger partial charge in [0.1, 0.15) is 23.9 Å². The minimum Gasteiger partial charge on any atom is -0.357 e. The van der Waals surface area contributed by atoms with Gasteiger partial charge in [-0.15, -0.1) is 0 Å². The van der Waals surface area contributed by atoms with Crippen LogP contribution >= 0.6 is 0 Å². The lowest BCUT2D eigenvalue weighted by atomic mass is 9.96. The van der Waals surface area contributed by atoms with E-state index in [1.54, 1.807) is 42.4 Å². The standard InChI is InChI=1S/C36H38FN5O4/c1-3-7-31-36(46)42(32(34(44)38-2)22-25-11-14-26-8-4-5-9-27(26)20-25)19-18-41(31)35(45)30(21-24-12-15-29(37)16-13-24)40-33(43)28-10-6-17-39-23-28/h4-6,8-17,20,23,30-32H,3,7,18-19,21-22H2,1-2H3,(H,38,44)(H,40,43)/t30-,31+,32+/m1/s1. The van der Waals surface area contributed by atoms with Crippen molar-refractivity contribution in [1.29, 1.82) is 0 Å². The molecule has 0 bridgehead atoms. The van der Waals surface area contributed by atoms with E-state index in [0.717, 1.165) is 16.3 Å². The smallest absolute Gasteiger partial charge is 0.253 e. The molecule has 1 aliphatic heterocycles. The number of benzene rings is 3. The number of nitrogens with zero attached hydrogens (tertiary/aromatic N) is 3. The summed E-state index contributed by atoms with van der Waals surface area (Å²) < 4.78 is 13.7. The number of halogens is 1. The van der Waals surface area contributed by atoms with Gasteiger partial charge in [0, 0.05) is 45.4 Å². The van der Waals surface area contributed by atoms with Gasteiger partial charge in [-0.3, -0.25) is 24.2 Å². The molecule has 5 rings (SSSR count). The summed E-state index contributed by atoms with van der Waals surface area (Å²) in [4.78, 5) is 61.9. The molecule has 1 aromatic heterocycles. The lowest BCUT2D eigenvalue weighted by Crippen LogP contribution is -2.65. The molecule has 0 saturated carbocycles. The Bertz CT molecular complexity index is 1700. The Morgan fingerprint density at radius 2 is 1.67 bits per heavy atom. The number of fused-ring (bicyclic) bond motifs is 1. The Hall–Kier alpha value is -5.12. The first kappa shape index (κ1) is 32.3. The fourth-order valence-electron chi connectivity index (χ4n) is 6.03. The van der Waals surface area contributed by atoms with Crippen LogP contribution in [0.4, 0.5) is 4.39 Å². The summed E-state index contributed by atoms with van der Waals surface area (Å²) in [6.45, 7) is 2.26. The molecule has 46 heavy (non-hydrogen) atoms. The molecule has 1 fully saturated rings. The number of rotatable bonds is 11. The highest BCUT2D eigenvalue weighted by atomic mass is 19.1. The fraction of sp³-hybridized carbons (Fsp3) is 0.306. The average Bonchev–Trinajstić information content (AvgIpc) is 3.08. The van der Waals surface area contributed by atoms with E-state index in [1.807, 2.05) is 49.4 Å². The second-order valence-corrected chi connectivity index (χ2v) is 11.5. The van der Waals surface area contributed by atoms with Gasteiger partial charge in [-0.25, -0.2) is 4.39 Å². The Morgan fingerprint density at radius 3 is 2.37 bits per heavy atom. The topological polar surface area (TPSA) is 112 Å². The number of carbonyl (C=O) groups excluding carboxylic acids is 4. The summed E-state index contributed by atoms with van der Waals surface area (Å²) in [5.41, 5.74) is 1.86. The molecule has 2 heterocycles. The highest BCUT2D eigenvalue weighted by Gasteiger charge is 2.43. The Balaban J connectivity index is 1.40. The Morgan fingerprint density at radius 1 is 0.935 bits per heavy atom. The summed E-state index contributed by atoms with van der Waals surface area (Å²) >= 11 is 0. The van der Waals surface area contributed by atoms with Crippen LogP contribution in [-0.2, 0) is 27.2 Å². The van der Waals surface area contributed by atoms with Crippen molar-refractivity contribution in [2.45, 2.75) is 50.7 Å². The number of hydrogen-bond donors (Lipinski definition) is 2. The highest BCUT2D eigenvalue weighted by molar-refractivity contribution is 5.99. The largest absolute Gasteiger partial charge is 0.357 e. The van der Waals surface area contributed by atoms with Crippen molar-refractivity contribution >= 4 is 34.4 Å². The van der Waals surface area contributed by atoms with Crippen LogP contribution in [0.1, 0.15) is 41.3 Å². The van der Waals surface area contributed by atoms with Crippen LogP contribution in [0.2, 0.25) is 0 Å². The fourth-order valence-corrected chi connectivity index (χ4v) is 6.03. The molecule has 0 spiro atoms. The number of amides is 4. The number of aromatic nitrogens is 1. The number of carbonyl (C=O) groups is 4. The average molecular weight is 624 g/mol. The van der Waals surface area contributed by atoms with Gasteiger partial charge in [0.25, 0.3) is 5.91 Å². The Labute approximate surface area is 267 Å². The van der Waals surface area contributed by atoms with Crippen molar-refractivity contribution in [3.8, 4) is 0 Å². The van der Waals surface area contributed by atoms with Crippen LogP contribution in [0.15, 0.2) is 91.3 Å². The van der Waals surface area contributed by atoms with Crippen LogP contribution in [-0.4, -0.2) is 76.7 Å². The molecule has 3 aromatic carbocycles. The van der Waals surface area contributed by atoms with Crippen molar-refractivity contribution < 1.29 is 23.6 Å². The van der Waals surface area contributed by atoms with E-state index in [4.69, 9.17) is 0 Å². The second-order valence-electron chi connectivity index (χ2n) is 11.5. The van der Waals surface area contributed by atoms with Gasteiger partial charge in [0.05, 0.1) is 5.56 Å². The van der Waals surface area contributed by atoms with Gasteiger partial charge in [0.2, 0.25) is 17.7 Å². The molecule has 0 unspecified atom stereocenters. The normalized spacial score (nSPS) is 16.2. The van der Waals surface area contributed by atoms with Crippen molar-refractivity contribution in [3.63, 3.8) is 0 Å². The molecule has 4 aromatic rings. The van der Waals surface area contributed by atoms with E-state index in [2.05, 4.69) is 15.6 Å². The Kier molecular flexibility index (Phi) is 10.4. The molecular weight excluding hydrogens is 585 g/mol. The lowest BCUT2D eigenvalue weighted by molar-refractivity contribution is -0.156. The summed E-state index contributed by atoms with van der Waals surface area (Å²) in [7, 11) is 1.55. The molecule has 238 valence electrons. The molecular formula is C36H38FN5O4. The van der Waals surface area contributed by atoms with Crippen LogP contribution in [0.25, 0.3) is 10.8 Å². The zero-order chi connectivity index (χ0) is 32.6. The van der Waals surface area contributed by atoms with E-state index >= 15 is 0 Å². The van der Waals surface area contributed by atoms with Gasteiger partial charge in [-0.2, -0.15) is 0 Å². The van der Waals surface area contributed by atoms with Crippen LogP contribution < -0.4 is 10.6 Å². The van der Waals surface area contributed by atoms with E-state index in [1.165, 1.54) is 23.2 Å². The van der Waals surface area contributed by atoms with Gasteiger partial charge in [-0.05, 0) is 52.6 Å². The number of hydrogen-bond acceptors (Lipinski definition) is 5. The van der Waals surface area contributed by atoms with E-state index in [9.17, 15) is 23.6 Å². The first-order valence-corrected chi connectivity index (χ1v) is 15.5. The monoisotopic (exact) mass is 623 g/mol. The first-order valence-electron chi connectivity index (χ1n) is 15.5. The van der Waals surface area contributed by atoms with Gasteiger partial charge < -0.3 is 20.4 Å². The molecule has 1 aliphatic rings. The van der Waals surface area contributed by atoms with Crippen molar-refractivity contribution in [1.82, 2.24) is 25.4 Å². The molecule has 1 saturated heterocycles. The van der Waals surface area contributed by atoms with Crippen molar-refractivity contribution in [2.24, 2.45) is 0 Å². The summed E-state index contributed by atoms with van der Waals surface area (Å²) in [6.07, 6.45) is 4.37. The summed E-state index contributed by atoms with van der Waals surface area (Å²) in [6, 6.07) is 20.3. The number of nitrogens with one attached hydrogen (secondary N) is 2. The van der Waals surface area contributed by atoms with Crippen LogP contribution in [0, 0.1) is 5.82 Å². The molecule has 2 N–H and O–H groups in total. The third kappa shape index (κ3) is 7.39. The minimum atomic E-state index is -1.02. The predicted molar refractivity (Wildman–Crippen MR) is 173 cm³/mol. The van der Waals surface area contributed by atoms with Crippen LogP contribution in [0.3, 0.4) is 0 Å². The van der Waals surface area contributed by atoms with Crippen LogP contribution in [0.5, 0.6) is 0 Å². The number of likely N-dealkylation sites (N-methyl/N-ethyl adjacent to an activating group) is 1. The zero-order valence-corrected chi connectivity index (χ0v) is 26.0. The summed E-state index contributed by atoms with van der Waals surface area (Å²) in [5.74, 6) is -1.91. The molecule has 3 atom stereocenters. The first-order chi connectivity index (χ1) is 22.3. The van der Waals surface area contributed by atoms with Gasteiger partial charge in [-0.1, -0.05) is 67.9 Å². The SMILES string of the molecule is CCC[C@H]1C(=O)N([C@@H](Cc2ccc3ccccc3c2)C(=O)NC)CCN1C(=O)[C@@H](Cc1ccc(F)cc1)NC(=O)c1cccnc1. The van der Waals surface area contributed by atoms with E-state index in [-0.39, 0.29) is 36.9 Å². The quantitative estimate of drug-likeness (QED) is 0.263. The zero-order valence-electron chi connectivity index (χ0n) is 26.0. The number of piperazine rings is 1. The minimum absolute atomic E-state index is 0.0984. The van der Waals surface area contributed by atoms with Gasteiger partial charge in [0.15, 0.2) is 0 Å². The third-order valence-electron chi connectivity index (χ3n) is 8.42. The lowest BCUT2D eigenvalue weighted by Gasteiger charge is -2.44. The maximum absolute atomic E-state index is 14.2. The maximum Gasteiger partial charge on any atom is 0.253 e. The van der Waals surface area contributed by atoms with Crippen molar-refractivity contribution in [2.75, 3.05) is 20.1 Å². The molecule has 10 heteroatoms. The molecule has 0 radical (unpaired) electrons. The molecule has 9 nitrogen and oxygen atoms in total. The molecule has 4 amide bonds. The second kappa shape index (κ2) is 14.8. The van der Waals surface area contributed by atoms with E-state index in [0.29, 0.717) is 24.8 Å². The number of pyridine rings is 1. The van der Waals surface area contributed by atoms with E-state index < -0.39 is 35.8 Å². The predicted octanol–water partition coefficient (Wildman–Crippen LogP) is 3.91. The molecule has 0 aliphatic carbocycles. The highest BCUT2D eigenvalue weighted by Crippen LogP contribution is 2.24. The maximum atomic E-state index is 14.2.